The van der Waals surface area contributed by atoms with E-state index in [2.05, 4.69) is 10.3 Å². The fourth-order valence-corrected chi connectivity index (χ4v) is 2.48. The van der Waals surface area contributed by atoms with Gasteiger partial charge in [-0.2, -0.15) is 0 Å². The zero-order valence-corrected chi connectivity index (χ0v) is 10.7. The standard InChI is InChI=1S/C14H20N2O2/c1-14(7-3-2-4-12(14)17)10-16-13(18)11-5-8-15-9-6-11/h5-6,8-9,12,17H,2-4,7,10H2,1H3,(H,16,18). The molecule has 1 aliphatic carbocycles. The Labute approximate surface area is 107 Å². The normalized spacial score (nSPS) is 27.8. The molecule has 4 heteroatoms. The molecule has 1 aromatic heterocycles. The Morgan fingerprint density at radius 2 is 2.22 bits per heavy atom. The van der Waals surface area contributed by atoms with Crippen LogP contribution in [0.4, 0.5) is 0 Å². The molecule has 0 spiro atoms. The van der Waals surface area contributed by atoms with E-state index in [4.69, 9.17) is 0 Å². The third-order valence-electron chi connectivity index (χ3n) is 3.88. The molecule has 1 fully saturated rings. The number of hydrogen-bond donors (Lipinski definition) is 2. The van der Waals surface area contributed by atoms with E-state index in [1.807, 2.05) is 6.92 Å². The molecule has 2 rings (SSSR count). The second-order valence-corrected chi connectivity index (χ2v) is 5.33. The van der Waals surface area contributed by atoms with E-state index >= 15 is 0 Å². The molecule has 1 amide bonds. The Kier molecular flexibility index (Phi) is 3.97. The number of rotatable bonds is 3. The van der Waals surface area contributed by atoms with Crippen LogP contribution in [-0.2, 0) is 0 Å². The number of carbonyl (C=O) groups is 1. The van der Waals surface area contributed by atoms with E-state index in [1.54, 1.807) is 24.5 Å². The molecule has 0 aliphatic heterocycles. The van der Waals surface area contributed by atoms with Crippen LogP contribution in [0, 0.1) is 5.41 Å². The van der Waals surface area contributed by atoms with Crippen molar-refractivity contribution in [2.75, 3.05) is 6.54 Å². The minimum Gasteiger partial charge on any atom is -0.392 e. The Bertz CT molecular complexity index is 408. The average molecular weight is 248 g/mol. The van der Waals surface area contributed by atoms with E-state index in [0.29, 0.717) is 12.1 Å². The fraction of sp³-hybridized carbons (Fsp3) is 0.571. The van der Waals surface area contributed by atoms with Crippen LogP contribution >= 0.6 is 0 Å². The van der Waals surface area contributed by atoms with Crippen LogP contribution in [-0.4, -0.2) is 28.6 Å². The van der Waals surface area contributed by atoms with E-state index < -0.39 is 0 Å². The third kappa shape index (κ3) is 2.88. The van der Waals surface area contributed by atoms with Gasteiger partial charge in [0.05, 0.1) is 6.10 Å². The fourth-order valence-electron chi connectivity index (χ4n) is 2.48. The van der Waals surface area contributed by atoms with Crippen molar-refractivity contribution < 1.29 is 9.90 Å². The topological polar surface area (TPSA) is 62.2 Å². The summed E-state index contributed by atoms with van der Waals surface area (Å²) >= 11 is 0. The van der Waals surface area contributed by atoms with Crippen LogP contribution in [0.1, 0.15) is 43.0 Å². The number of pyridine rings is 1. The Balaban J connectivity index is 1.93. The molecule has 0 bridgehead atoms. The molecule has 1 aliphatic rings. The minimum absolute atomic E-state index is 0.101. The van der Waals surface area contributed by atoms with Crippen molar-refractivity contribution in [3.63, 3.8) is 0 Å². The molecule has 98 valence electrons. The lowest BCUT2D eigenvalue weighted by atomic mass is 9.73. The van der Waals surface area contributed by atoms with Gasteiger partial charge >= 0.3 is 0 Å². The number of nitrogens with zero attached hydrogens (tertiary/aromatic N) is 1. The Morgan fingerprint density at radius 1 is 1.50 bits per heavy atom. The van der Waals surface area contributed by atoms with Crippen molar-refractivity contribution in [2.45, 2.75) is 38.7 Å². The molecule has 0 saturated heterocycles. The highest BCUT2D eigenvalue weighted by molar-refractivity contribution is 5.93. The summed E-state index contributed by atoms with van der Waals surface area (Å²) in [6, 6.07) is 3.38. The number of aliphatic hydroxyl groups is 1. The first-order valence-electron chi connectivity index (χ1n) is 6.48. The van der Waals surface area contributed by atoms with E-state index in [0.717, 1.165) is 25.7 Å². The quantitative estimate of drug-likeness (QED) is 0.856. The SMILES string of the molecule is CC1(CNC(=O)c2ccncc2)CCCCC1O. The molecule has 1 heterocycles. The first-order chi connectivity index (χ1) is 8.62. The van der Waals surface area contributed by atoms with Crippen LogP contribution in [0.5, 0.6) is 0 Å². The lowest BCUT2D eigenvalue weighted by molar-refractivity contribution is 0.00190. The molecule has 2 unspecified atom stereocenters. The number of carbonyl (C=O) groups excluding carboxylic acids is 1. The van der Waals surface area contributed by atoms with Crippen molar-refractivity contribution in [2.24, 2.45) is 5.41 Å². The summed E-state index contributed by atoms with van der Waals surface area (Å²) in [6.07, 6.45) is 6.89. The lowest BCUT2D eigenvalue weighted by Crippen LogP contribution is -2.45. The highest BCUT2D eigenvalue weighted by Gasteiger charge is 2.35. The van der Waals surface area contributed by atoms with Crippen LogP contribution < -0.4 is 5.32 Å². The molecule has 0 aromatic carbocycles. The third-order valence-corrected chi connectivity index (χ3v) is 3.88. The van der Waals surface area contributed by atoms with Gasteiger partial charge in [0.15, 0.2) is 0 Å². The van der Waals surface area contributed by atoms with Crippen LogP contribution in [0.2, 0.25) is 0 Å². The summed E-state index contributed by atoms with van der Waals surface area (Å²) in [7, 11) is 0. The lowest BCUT2D eigenvalue weighted by Gasteiger charge is -2.38. The van der Waals surface area contributed by atoms with E-state index in [-0.39, 0.29) is 17.4 Å². The minimum atomic E-state index is -0.316. The Hall–Kier alpha value is -1.42. The van der Waals surface area contributed by atoms with Crippen molar-refractivity contribution >= 4 is 5.91 Å². The van der Waals surface area contributed by atoms with Gasteiger partial charge in [0.2, 0.25) is 0 Å². The molecule has 4 nitrogen and oxygen atoms in total. The maximum absolute atomic E-state index is 11.9. The number of hydrogen-bond acceptors (Lipinski definition) is 3. The van der Waals surface area contributed by atoms with E-state index in [1.165, 1.54) is 0 Å². The number of aromatic nitrogens is 1. The van der Waals surface area contributed by atoms with Crippen LogP contribution in [0.3, 0.4) is 0 Å². The smallest absolute Gasteiger partial charge is 0.251 e. The Morgan fingerprint density at radius 3 is 2.89 bits per heavy atom. The van der Waals surface area contributed by atoms with Gasteiger partial charge in [0.25, 0.3) is 5.91 Å². The predicted molar refractivity (Wildman–Crippen MR) is 69.2 cm³/mol. The summed E-state index contributed by atoms with van der Waals surface area (Å²) in [6.45, 7) is 2.57. The number of amides is 1. The highest BCUT2D eigenvalue weighted by Crippen LogP contribution is 2.35. The maximum atomic E-state index is 11.9. The predicted octanol–water partition coefficient (Wildman–Crippen LogP) is 1.75. The molecule has 1 saturated carbocycles. The first-order valence-corrected chi connectivity index (χ1v) is 6.48. The molecule has 1 aromatic rings. The van der Waals surface area contributed by atoms with Gasteiger partial charge in [-0.25, -0.2) is 0 Å². The van der Waals surface area contributed by atoms with Crippen LogP contribution in [0.15, 0.2) is 24.5 Å². The van der Waals surface area contributed by atoms with Gasteiger partial charge in [-0.05, 0) is 25.0 Å². The second kappa shape index (κ2) is 5.48. The molecule has 0 radical (unpaired) electrons. The van der Waals surface area contributed by atoms with Gasteiger partial charge in [-0.3, -0.25) is 9.78 Å². The summed E-state index contributed by atoms with van der Waals surface area (Å²) in [5, 5.41) is 13.0. The zero-order chi connectivity index (χ0) is 13.0. The number of aliphatic hydroxyl groups excluding tert-OH is 1. The molecule has 18 heavy (non-hydrogen) atoms. The summed E-state index contributed by atoms with van der Waals surface area (Å²) in [4.78, 5) is 15.8. The molecule has 2 atom stereocenters. The monoisotopic (exact) mass is 248 g/mol. The van der Waals surface area contributed by atoms with Gasteiger partial charge < -0.3 is 10.4 Å². The van der Waals surface area contributed by atoms with Gasteiger partial charge in [0.1, 0.15) is 0 Å². The van der Waals surface area contributed by atoms with Crippen molar-refractivity contribution in [1.29, 1.82) is 0 Å². The van der Waals surface area contributed by atoms with Gasteiger partial charge in [-0.15, -0.1) is 0 Å². The highest BCUT2D eigenvalue weighted by atomic mass is 16.3. The average Bonchev–Trinajstić information content (AvgIpc) is 2.41. The van der Waals surface area contributed by atoms with Crippen molar-refractivity contribution in [1.82, 2.24) is 10.3 Å². The maximum Gasteiger partial charge on any atom is 0.251 e. The molecule has 2 N–H and O–H groups in total. The van der Waals surface area contributed by atoms with E-state index in [9.17, 15) is 9.90 Å². The first kappa shape index (κ1) is 13.0. The second-order valence-electron chi connectivity index (χ2n) is 5.33. The van der Waals surface area contributed by atoms with Crippen LogP contribution in [0.25, 0.3) is 0 Å². The van der Waals surface area contributed by atoms with Crippen molar-refractivity contribution in [3.8, 4) is 0 Å². The summed E-state index contributed by atoms with van der Waals surface area (Å²) in [5.41, 5.74) is 0.417. The molecular formula is C14H20N2O2. The largest absolute Gasteiger partial charge is 0.392 e. The molecular weight excluding hydrogens is 228 g/mol. The zero-order valence-electron chi connectivity index (χ0n) is 10.7. The number of nitrogens with one attached hydrogen (secondary N) is 1. The summed E-state index contributed by atoms with van der Waals surface area (Å²) < 4.78 is 0. The summed E-state index contributed by atoms with van der Waals surface area (Å²) in [5.74, 6) is -0.101. The van der Waals surface area contributed by atoms with Gasteiger partial charge in [0, 0.05) is 29.9 Å². The van der Waals surface area contributed by atoms with Gasteiger partial charge in [-0.1, -0.05) is 19.8 Å². The van der Waals surface area contributed by atoms with Crippen molar-refractivity contribution in [3.05, 3.63) is 30.1 Å².